The van der Waals surface area contributed by atoms with Crippen molar-refractivity contribution < 1.29 is 4.74 Å². The van der Waals surface area contributed by atoms with E-state index in [2.05, 4.69) is 22.5 Å². The lowest BCUT2D eigenvalue weighted by molar-refractivity contribution is 0.0741. The zero-order chi connectivity index (χ0) is 13.4. The molecule has 1 aliphatic rings. The summed E-state index contributed by atoms with van der Waals surface area (Å²) in [7, 11) is 0. The number of fused-ring (bicyclic) bond motifs is 1. The van der Waals surface area contributed by atoms with Gasteiger partial charge >= 0.3 is 0 Å². The molecule has 1 aromatic carbocycles. The van der Waals surface area contributed by atoms with Gasteiger partial charge in [0.15, 0.2) is 4.77 Å². The van der Waals surface area contributed by atoms with E-state index in [0.29, 0.717) is 10.3 Å². The van der Waals surface area contributed by atoms with Crippen LogP contribution in [-0.4, -0.2) is 22.3 Å². The van der Waals surface area contributed by atoms with Gasteiger partial charge in [-0.2, -0.15) is 5.26 Å². The van der Waals surface area contributed by atoms with E-state index in [-0.39, 0.29) is 12.1 Å². The van der Waals surface area contributed by atoms with Gasteiger partial charge in [-0.1, -0.05) is 0 Å². The van der Waals surface area contributed by atoms with Crippen molar-refractivity contribution in [2.75, 3.05) is 6.61 Å². The molecule has 1 N–H and O–H groups in total. The summed E-state index contributed by atoms with van der Waals surface area (Å²) in [6, 6.07) is 7.94. The summed E-state index contributed by atoms with van der Waals surface area (Å²) in [5.74, 6) is 0. The molecule has 3 rings (SSSR count). The molecule has 1 aliphatic heterocycles. The molecule has 0 aliphatic carbocycles. The van der Waals surface area contributed by atoms with Gasteiger partial charge in [-0.25, -0.2) is 0 Å². The number of H-pyrrole nitrogens is 1. The highest BCUT2D eigenvalue weighted by Crippen LogP contribution is 2.28. The standard InChI is InChI=1S/C14H15N3OS/c1-9(13-3-2-6-18-13)17-12-7-10(8-15)4-5-11(12)16-14(17)19/h4-5,7,9,13H,2-3,6H2,1H3,(H,16,19). The van der Waals surface area contributed by atoms with Crippen LogP contribution < -0.4 is 0 Å². The number of nitrogens with zero attached hydrogens (tertiary/aromatic N) is 2. The van der Waals surface area contributed by atoms with Gasteiger partial charge in [0, 0.05) is 6.61 Å². The first-order valence-corrected chi connectivity index (χ1v) is 6.87. The molecule has 0 saturated carbocycles. The average molecular weight is 273 g/mol. The smallest absolute Gasteiger partial charge is 0.178 e. The van der Waals surface area contributed by atoms with E-state index in [9.17, 15) is 0 Å². The number of imidazole rings is 1. The van der Waals surface area contributed by atoms with Crippen LogP contribution in [0.3, 0.4) is 0 Å². The first-order chi connectivity index (χ1) is 9.20. The first-order valence-electron chi connectivity index (χ1n) is 6.46. The van der Waals surface area contributed by atoms with Gasteiger partial charge in [0.2, 0.25) is 0 Å². The fraction of sp³-hybridized carbons (Fsp3) is 0.429. The van der Waals surface area contributed by atoms with Crippen molar-refractivity contribution >= 4 is 23.3 Å². The first kappa shape index (κ1) is 12.4. The van der Waals surface area contributed by atoms with Crippen LogP contribution in [0.4, 0.5) is 0 Å². The monoisotopic (exact) mass is 273 g/mol. The van der Waals surface area contributed by atoms with Crippen molar-refractivity contribution in [1.29, 1.82) is 5.26 Å². The van der Waals surface area contributed by atoms with Crippen LogP contribution >= 0.6 is 12.2 Å². The highest BCUT2D eigenvalue weighted by Gasteiger charge is 2.25. The summed E-state index contributed by atoms with van der Waals surface area (Å²) in [6.45, 7) is 2.95. The second kappa shape index (κ2) is 4.80. The summed E-state index contributed by atoms with van der Waals surface area (Å²) in [6.07, 6.45) is 2.37. The van der Waals surface area contributed by atoms with Gasteiger partial charge in [0.25, 0.3) is 0 Å². The Morgan fingerprint density at radius 2 is 2.42 bits per heavy atom. The lowest BCUT2D eigenvalue weighted by atomic mass is 10.1. The molecular formula is C14H15N3OS. The highest BCUT2D eigenvalue weighted by molar-refractivity contribution is 7.71. The molecule has 2 aromatic rings. The lowest BCUT2D eigenvalue weighted by Gasteiger charge is -2.20. The number of ether oxygens (including phenoxy) is 1. The zero-order valence-corrected chi connectivity index (χ0v) is 11.5. The summed E-state index contributed by atoms with van der Waals surface area (Å²) in [5, 5.41) is 9.02. The number of nitrogens with one attached hydrogen (secondary N) is 1. The topological polar surface area (TPSA) is 53.7 Å². The molecule has 2 heterocycles. The molecule has 2 unspecified atom stereocenters. The predicted octanol–water partition coefficient (Wildman–Crippen LogP) is 3.31. The Morgan fingerprint density at radius 1 is 1.58 bits per heavy atom. The highest BCUT2D eigenvalue weighted by atomic mass is 32.1. The summed E-state index contributed by atoms with van der Waals surface area (Å²) in [4.78, 5) is 3.20. The molecule has 2 atom stereocenters. The second-order valence-electron chi connectivity index (χ2n) is 4.94. The lowest BCUT2D eigenvalue weighted by Crippen LogP contribution is -2.20. The number of rotatable bonds is 2. The number of benzene rings is 1. The number of nitriles is 1. The number of hydrogen-bond donors (Lipinski definition) is 1. The van der Waals surface area contributed by atoms with Gasteiger partial charge in [-0.3, -0.25) is 0 Å². The molecule has 0 radical (unpaired) electrons. The summed E-state index contributed by atoms with van der Waals surface area (Å²) >= 11 is 5.41. The van der Waals surface area contributed by atoms with Gasteiger partial charge in [0.1, 0.15) is 0 Å². The van der Waals surface area contributed by atoms with E-state index in [1.165, 1.54) is 0 Å². The van der Waals surface area contributed by atoms with Crippen LogP contribution in [0.1, 0.15) is 31.4 Å². The van der Waals surface area contributed by atoms with Gasteiger partial charge < -0.3 is 14.3 Å². The maximum atomic E-state index is 9.02. The van der Waals surface area contributed by atoms with Crippen molar-refractivity contribution in [3.8, 4) is 6.07 Å². The molecule has 1 fully saturated rings. The van der Waals surface area contributed by atoms with Gasteiger partial charge in [-0.15, -0.1) is 0 Å². The van der Waals surface area contributed by atoms with Crippen LogP contribution in [0, 0.1) is 16.1 Å². The third kappa shape index (κ3) is 2.07. The van der Waals surface area contributed by atoms with E-state index in [0.717, 1.165) is 30.5 Å². The minimum absolute atomic E-state index is 0.178. The molecule has 4 nitrogen and oxygen atoms in total. The van der Waals surface area contributed by atoms with Crippen LogP contribution in [0.15, 0.2) is 18.2 Å². The van der Waals surface area contributed by atoms with E-state index >= 15 is 0 Å². The molecule has 19 heavy (non-hydrogen) atoms. The average Bonchev–Trinajstić information content (AvgIpc) is 3.03. The Hall–Kier alpha value is -1.64. The fourth-order valence-corrected chi connectivity index (χ4v) is 3.12. The van der Waals surface area contributed by atoms with Crippen molar-refractivity contribution in [2.45, 2.75) is 31.9 Å². The number of hydrogen-bond acceptors (Lipinski definition) is 3. The Balaban J connectivity index is 2.13. The predicted molar refractivity (Wildman–Crippen MR) is 75.5 cm³/mol. The molecule has 0 spiro atoms. The Kier molecular flexibility index (Phi) is 3.13. The quantitative estimate of drug-likeness (QED) is 0.854. The molecule has 1 saturated heterocycles. The van der Waals surface area contributed by atoms with Crippen LogP contribution in [0.25, 0.3) is 11.0 Å². The maximum Gasteiger partial charge on any atom is 0.178 e. The van der Waals surface area contributed by atoms with Crippen LogP contribution in [0.5, 0.6) is 0 Å². The molecule has 1 aromatic heterocycles. The number of aromatic nitrogens is 2. The number of aromatic amines is 1. The molecule has 0 bridgehead atoms. The van der Waals surface area contributed by atoms with Gasteiger partial charge in [-0.05, 0) is 50.2 Å². The second-order valence-corrected chi connectivity index (χ2v) is 5.32. The van der Waals surface area contributed by atoms with E-state index in [4.69, 9.17) is 22.2 Å². The molecule has 98 valence electrons. The van der Waals surface area contributed by atoms with Crippen molar-refractivity contribution in [3.05, 3.63) is 28.5 Å². The summed E-state index contributed by atoms with van der Waals surface area (Å²) in [5.41, 5.74) is 2.59. The van der Waals surface area contributed by atoms with E-state index in [1.807, 2.05) is 12.1 Å². The maximum absolute atomic E-state index is 9.02. The SMILES string of the molecule is CC(C1CCCO1)n1c(=S)[nH]c2ccc(C#N)cc21. The Bertz CT molecular complexity index is 704. The van der Waals surface area contributed by atoms with Crippen molar-refractivity contribution in [2.24, 2.45) is 0 Å². The van der Waals surface area contributed by atoms with E-state index in [1.54, 1.807) is 6.07 Å². The molecule has 5 heteroatoms. The largest absolute Gasteiger partial charge is 0.376 e. The molecular weight excluding hydrogens is 258 g/mol. The van der Waals surface area contributed by atoms with Gasteiger partial charge in [0.05, 0.1) is 34.8 Å². The normalized spacial score (nSPS) is 20.5. The Morgan fingerprint density at radius 3 is 3.11 bits per heavy atom. The van der Waals surface area contributed by atoms with Crippen LogP contribution in [0.2, 0.25) is 0 Å². The third-order valence-electron chi connectivity index (χ3n) is 3.76. The summed E-state index contributed by atoms with van der Waals surface area (Å²) < 4.78 is 8.51. The minimum atomic E-state index is 0.178. The van der Waals surface area contributed by atoms with Crippen LogP contribution in [-0.2, 0) is 4.74 Å². The molecule has 0 amide bonds. The Labute approximate surface area is 116 Å². The van der Waals surface area contributed by atoms with E-state index < -0.39 is 0 Å². The van der Waals surface area contributed by atoms with Crippen molar-refractivity contribution in [1.82, 2.24) is 9.55 Å². The minimum Gasteiger partial charge on any atom is -0.376 e. The third-order valence-corrected chi connectivity index (χ3v) is 4.06. The fourth-order valence-electron chi connectivity index (χ4n) is 2.74. The van der Waals surface area contributed by atoms with Crippen molar-refractivity contribution in [3.63, 3.8) is 0 Å². The zero-order valence-electron chi connectivity index (χ0n) is 10.7.